The second-order valence-electron chi connectivity index (χ2n) is 6.67. The molecule has 0 saturated carbocycles. The summed E-state index contributed by atoms with van der Waals surface area (Å²) < 4.78 is 5.25. The fourth-order valence-corrected chi connectivity index (χ4v) is 3.20. The SMILES string of the molecule is COc1ccc2c(c1)CCN(C(=O)CC(=O)Nc1cccc(C)c1C)C2. The van der Waals surface area contributed by atoms with Crippen LogP contribution in [0.3, 0.4) is 0 Å². The van der Waals surface area contributed by atoms with Crippen LogP contribution in [0.25, 0.3) is 0 Å². The van der Waals surface area contributed by atoms with Crippen LogP contribution in [0.4, 0.5) is 5.69 Å². The number of nitrogens with zero attached hydrogens (tertiary/aromatic N) is 1. The van der Waals surface area contributed by atoms with E-state index in [-0.39, 0.29) is 18.2 Å². The van der Waals surface area contributed by atoms with Crippen molar-refractivity contribution < 1.29 is 14.3 Å². The first kappa shape index (κ1) is 18.0. The predicted molar refractivity (Wildman–Crippen MR) is 101 cm³/mol. The van der Waals surface area contributed by atoms with Crippen molar-refractivity contribution in [3.05, 3.63) is 58.7 Å². The van der Waals surface area contributed by atoms with Gasteiger partial charge in [-0.15, -0.1) is 0 Å². The van der Waals surface area contributed by atoms with E-state index in [1.807, 2.05) is 50.2 Å². The Labute approximate surface area is 154 Å². The smallest absolute Gasteiger partial charge is 0.233 e. The normalized spacial score (nSPS) is 13.1. The fraction of sp³-hybridized carbons (Fsp3) is 0.333. The molecule has 1 aliphatic heterocycles. The van der Waals surface area contributed by atoms with Crippen molar-refractivity contribution in [2.75, 3.05) is 19.0 Å². The number of aryl methyl sites for hydroxylation is 1. The van der Waals surface area contributed by atoms with Gasteiger partial charge in [0.15, 0.2) is 0 Å². The molecule has 0 fully saturated rings. The number of carbonyl (C=O) groups is 2. The molecule has 136 valence electrons. The van der Waals surface area contributed by atoms with Crippen molar-refractivity contribution in [1.82, 2.24) is 4.90 Å². The van der Waals surface area contributed by atoms with Crippen LogP contribution >= 0.6 is 0 Å². The number of nitrogens with one attached hydrogen (secondary N) is 1. The lowest BCUT2D eigenvalue weighted by Crippen LogP contribution is -2.37. The van der Waals surface area contributed by atoms with E-state index in [4.69, 9.17) is 4.74 Å². The zero-order chi connectivity index (χ0) is 18.7. The van der Waals surface area contributed by atoms with E-state index in [0.717, 1.165) is 34.5 Å². The summed E-state index contributed by atoms with van der Waals surface area (Å²) in [6.45, 7) is 5.11. The summed E-state index contributed by atoms with van der Waals surface area (Å²) in [5, 5.41) is 2.85. The Kier molecular flexibility index (Phi) is 5.26. The monoisotopic (exact) mass is 352 g/mol. The van der Waals surface area contributed by atoms with Crippen LogP contribution in [0.2, 0.25) is 0 Å². The van der Waals surface area contributed by atoms with Crippen LogP contribution < -0.4 is 10.1 Å². The molecule has 26 heavy (non-hydrogen) atoms. The minimum atomic E-state index is -0.274. The Hall–Kier alpha value is -2.82. The maximum absolute atomic E-state index is 12.5. The average molecular weight is 352 g/mol. The van der Waals surface area contributed by atoms with Crippen molar-refractivity contribution in [2.24, 2.45) is 0 Å². The highest BCUT2D eigenvalue weighted by Crippen LogP contribution is 2.24. The van der Waals surface area contributed by atoms with Gasteiger partial charge in [-0.05, 0) is 60.7 Å². The van der Waals surface area contributed by atoms with Gasteiger partial charge in [0.05, 0.1) is 7.11 Å². The van der Waals surface area contributed by atoms with E-state index in [1.165, 1.54) is 5.56 Å². The minimum Gasteiger partial charge on any atom is -0.497 e. The molecule has 2 aromatic rings. The fourth-order valence-electron chi connectivity index (χ4n) is 3.20. The van der Waals surface area contributed by atoms with E-state index < -0.39 is 0 Å². The van der Waals surface area contributed by atoms with E-state index in [9.17, 15) is 9.59 Å². The van der Waals surface area contributed by atoms with E-state index in [0.29, 0.717) is 13.1 Å². The summed E-state index contributed by atoms with van der Waals surface area (Å²) in [6, 6.07) is 11.7. The number of benzene rings is 2. The lowest BCUT2D eigenvalue weighted by molar-refractivity contribution is -0.135. The molecule has 5 heteroatoms. The maximum atomic E-state index is 12.5. The Bertz CT molecular complexity index is 845. The molecule has 2 aromatic carbocycles. The molecule has 5 nitrogen and oxygen atoms in total. The average Bonchev–Trinajstić information content (AvgIpc) is 2.64. The summed E-state index contributed by atoms with van der Waals surface area (Å²) in [7, 11) is 1.65. The third kappa shape index (κ3) is 3.87. The number of anilines is 1. The summed E-state index contributed by atoms with van der Waals surface area (Å²) in [6.07, 6.45) is 0.635. The molecule has 1 N–H and O–H groups in total. The summed E-state index contributed by atoms with van der Waals surface area (Å²) in [5.74, 6) is 0.412. The van der Waals surface area contributed by atoms with Gasteiger partial charge in [0.25, 0.3) is 0 Å². The number of fused-ring (bicyclic) bond motifs is 1. The number of ether oxygens (including phenoxy) is 1. The van der Waals surface area contributed by atoms with Crippen molar-refractivity contribution in [3.8, 4) is 5.75 Å². The predicted octanol–water partition coefficient (Wildman–Crippen LogP) is 3.23. The molecule has 0 saturated heterocycles. The molecule has 0 unspecified atom stereocenters. The number of methoxy groups -OCH3 is 1. The molecule has 3 rings (SSSR count). The van der Waals surface area contributed by atoms with Gasteiger partial charge in [0.1, 0.15) is 12.2 Å². The maximum Gasteiger partial charge on any atom is 0.233 e. The molecule has 0 radical (unpaired) electrons. The second kappa shape index (κ2) is 7.60. The highest BCUT2D eigenvalue weighted by atomic mass is 16.5. The largest absolute Gasteiger partial charge is 0.497 e. The van der Waals surface area contributed by atoms with Crippen molar-refractivity contribution >= 4 is 17.5 Å². The Morgan fingerprint density at radius 1 is 1.15 bits per heavy atom. The lowest BCUT2D eigenvalue weighted by Gasteiger charge is -2.29. The molecule has 2 amide bonds. The van der Waals surface area contributed by atoms with Crippen LogP contribution in [0.5, 0.6) is 5.75 Å². The number of hydrogen-bond acceptors (Lipinski definition) is 3. The van der Waals surface area contributed by atoms with Gasteiger partial charge in [0.2, 0.25) is 11.8 Å². The van der Waals surface area contributed by atoms with E-state index >= 15 is 0 Å². The Balaban J connectivity index is 1.61. The first-order valence-corrected chi connectivity index (χ1v) is 8.77. The second-order valence-corrected chi connectivity index (χ2v) is 6.67. The zero-order valence-corrected chi connectivity index (χ0v) is 15.5. The number of rotatable bonds is 4. The Morgan fingerprint density at radius 3 is 2.73 bits per heavy atom. The number of amides is 2. The quantitative estimate of drug-likeness (QED) is 0.860. The summed E-state index contributed by atoms with van der Waals surface area (Å²) in [4.78, 5) is 26.6. The van der Waals surface area contributed by atoms with Crippen molar-refractivity contribution in [1.29, 1.82) is 0 Å². The molecule has 0 atom stereocenters. The van der Waals surface area contributed by atoms with Crippen molar-refractivity contribution in [2.45, 2.75) is 33.2 Å². The standard InChI is InChI=1S/C21H24N2O3/c1-14-5-4-6-19(15(14)2)22-20(24)12-21(25)23-10-9-16-11-18(26-3)8-7-17(16)13-23/h4-8,11H,9-10,12-13H2,1-3H3,(H,22,24). The topological polar surface area (TPSA) is 58.6 Å². The lowest BCUT2D eigenvalue weighted by atomic mass is 9.99. The van der Waals surface area contributed by atoms with Crippen LogP contribution in [0.1, 0.15) is 28.7 Å². The molecule has 0 aliphatic carbocycles. The van der Waals surface area contributed by atoms with Gasteiger partial charge in [-0.1, -0.05) is 18.2 Å². The molecule has 0 aromatic heterocycles. The molecule has 0 bridgehead atoms. The highest BCUT2D eigenvalue weighted by Gasteiger charge is 2.23. The molecule has 0 spiro atoms. The minimum absolute atomic E-state index is 0.140. The number of carbonyl (C=O) groups excluding carboxylic acids is 2. The molecule has 1 heterocycles. The van der Waals surface area contributed by atoms with Gasteiger partial charge in [0, 0.05) is 18.8 Å². The van der Waals surface area contributed by atoms with Gasteiger partial charge < -0.3 is 15.0 Å². The third-order valence-electron chi connectivity index (χ3n) is 4.97. The molecular weight excluding hydrogens is 328 g/mol. The van der Waals surface area contributed by atoms with Gasteiger partial charge in [-0.25, -0.2) is 0 Å². The summed E-state index contributed by atoms with van der Waals surface area (Å²) >= 11 is 0. The van der Waals surface area contributed by atoms with Crippen LogP contribution in [0.15, 0.2) is 36.4 Å². The van der Waals surface area contributed by atoms with Crippen LogP contribution in [0, 0.1) is 13.8 Å². The first-order valence-electron chi connectivity index (χ1n) is 8.77. The van der Waals surface area contributed by atoms with Crippen LogP contribution in [-0.4, -0.2) is 30.4 Å². The van der Waals surface area contributed by atoms with Gasteiger partial charge in [-0.2, -0.15) is 0 Å². The van der Waals surface area contributed by atoms with Gasteiger partial charge >= 0.3 is 0 Å². The highest BCUT2D eigenvalue weighted by molar-refractivity contribution is 6.04. The zero-order valence-electron chi connectivity index (χ0n) is 15.5. The number of hydrogen-bond donors (Lipinski definition) is 1. The van der Waals surface area contributed by atoms with Gasteiger partial charge in [-0.3, -0.25) is 9.59 Å². The third-order valence-corrected chi connectivity index (χ3v) is 4.97. The van der Waals surface area contributed by atoms with Crippen LogP contribution in [-0.2, 0) is 22.6 Å². The van der Waals surface area contributed by atoms with E-state index in [2.05, 4.69) is 5.32 Å². The summed E-state index contributed by atoms with van der Waals surface area (Å²) in [5.41, 5.74) is 5.21. The first-order chi connectivity index (χ1) is 12.5. The molecule has 1 aliphatic rings. The van der Waals surface area contributed by atoms with E-state index in [1.54, 1.807) is 12.0 Å². The molecular formula is C21H24N2O3. The Morgan fingerprint density at radius 2 is 1.96 bits per heavy atom. The van der Waals surface area contributed by atoms with Crippen molar-refractivity contribution in [3.63, 3.8) is 0 Å².